The molecule has 2 bridgehead atoms. The molecule has 2 nitrogen and oxygen atoms in total. The number of allylic oxidation sites excluding steroid dienone is 2. The van der Waals surface area contributed by atoms with E-state index in [4.69, 9.17) is 0 Å². The van der Waals surface area contributed by atoms with E-state index in [1.54, 1.807) is 12.1 Å². The molecule has 0 fully saturated rings. The fraction of sp³-hybridized carbons (Fsp3) is 0.0345. The first-order valence-corrected chi connectivity index (χ1v) is 12.4. The van der Waals surface area contributed by atoms with E-state index in [0.717, 1.165) is 27.3 Å². The summed E-state index contributed by atoms with van der Waals surface area (Å²) in [5, 5.41) is 13.2. The first-order chi connectivity index (χ1) is 15.6. The maximum absolute atomic E-state index is 15.2. The standard InChI is InChI=1S/C29H21O2P/c30-25-17-9-7-15-23(25)28-20-29(22-13-5-2-6-14-22)19-27(21-11-3-1-4-12-21)32(28,31)26-18-10-8-16-24(26)29/h1-20,30H. The van der Waals surface area contributed by atoms with Gasteiger partial charge in [-0.25, -0.2) is 0 Å². The molecule has 0 aromatic heterocycles. The van der Waals surface area contributed by atoms with Crippen LogP contribution in [0.3, 0.4) is 0 Å². The summed E-state index contributed by atoms with van der Waals surface area (Å²) in [6.07, 6.45) is 4.30. The van der Waals surface area contributed by atoms with Crippen LogP contribution < -0.4 is 5.30 Å². The van der Waals surface area contributed by atoms with Crippen LogP contribution in [0.15, 0.2) is 121 Å². The van der Waals surface area contributed by atoms with Crippen LogP contribution in [0.5, 0.6) is 5.75 Å². The quantitative estimate of drug-likeness (QED) is 0.363. The molecular formula is C29H21O2P. The summed E-state index contributed by atoms with van der Waals surface area (Å²) < 4.78 is 15.2. The van der Waals surface area contributed by atoms with Gasteiger partial charge in [0.05, 0.1) is 5.41 Å². The van der Waals surface area contributed by atoms with Crippen molar-refractivity contribution in [3.63, 3.8) is 0 Å². The summed E-state index contributed by atoms with van der Waals surface area (Å²) in [5.41, 5.74) is 3.17. The van der Waals surface area contributed by atoms with Gasteiger partial charge in [-0.15, -0.1) is 0 Å². The summed E-state index contributed by atoms with van der Waals surface area (Å²) >= 11 is 0. The Morgan fingerprint density at radius 1 is 0.625 bits per heavy atom. The maximum Gasteiger partial charge on any atom is 0.172 e. The van der Waals surface area contributed by atoms with Crippen LogP contribution in [0.25, 0.3) is 10.6 Å². The third kappa shape index (κ3) is 2.51. The molecule has 0 radical (unpaired) electrons. The first kappa shape index (κ1) is 19.1. The average Bonchev–Trinajstić information content (AvgIpc) is 2.86. The summed E-state index contributed by atoms with van der Waals surface area (Å²) in [6, 6.07) is 35.6. The number of benzene rings is 4. The van der Waals surface area contributed by atoms with Gasteiger partial charge in [0.2, 0.25) is 0 Å². The lowest BCUT2D eigenvalue weighted by atomic mass is 9.72. The Bertz CT molecular complexity index is 1450. The fourth-order valence-corrected chi connectivity index (χ4v) is 8.63. The van der Waals surface area contributed by atoms with Crippen molar-refractivity contribution in [3.05, 3.63) is 144 Å². The Morgan fingerprint density at radius 2 is 1.22 bits per heavy atom. The molecule has 2 atom stereocenters. The average molecular weight is 432 g/mol. The lowest BCUT2D eigenvalue weighted by molar-refractivity contribution is 0.473. The van der Waals surface area contributed by atoms with E-state index in [1.165, 1.54) is 0 Å². The van der Waals surface area contributed by atoms with Gasteiger partial charge < -0.3 is 9.67 Å². The zero-order chi connectivity index (χ0) is 21.8. The third-order valence-corrected chi connectivity index (χ3v) is 9.78. The fourth-order valence-electron chi connectivity index (χ4n) is 5.15. The van der Waals surface area contributed by atoms with Crippen LogP contribution in [0.2, 0.25) is 0 Å². The predicted octanol–water partition coefficient (Wildman–Crippen LogP) is 6.78. The van der Waals surface area contributed by atoms with Crippen LogP contribution in [-0.2, 0) is 9.98 Å². The van der Waals surface area contributed by atoms with Crippen molar-refractivity contribution in [2.75, 3.05) is 0 Å². The highest BCUT2D eigenvalue weighted by molar-refractivity contribution is 7.90. The lowest BCUT2D eigenvalue weighted by Crippen LogP contribution is -2.37. The van der Waals surface area contributed by atoms with Crippen LogP contribution in [0.4, 0.5) is 0 Å². The Morgan fingerprint density at radius 3 is 1.97 bits per heavy atom. The number of phenolic OH excluding ortho intramolecular Hbond substituents is 1. The van der Waals surface area contributed by atoms with Crippen molar-refractivity contribution >= 4 is 23.1 Å². The van der Waals surface area contributed by atoms with Crippen LogP contribution in [0, 0.1) is 0 Å². The smallest absolute Gasteiger partial charge is 0.172 e. The number of hydrogen-bond acceptors (Lipinski definition) is 2. The Balaban J connectivity index is 1.77. The number of aromatic hydroxyl groups is 1. The highest BCUT2D eigenvalue weighted by Gasteiger charge is 2.52. The van der Waals surface area contributed by atoms with Crippen LogP contribution >= 0.6 is 7.14 Å². The molecule has 4 aromatic rings. The van der Waals surface area contributed by atoms with E-state index in [2.05, 4.69) is 30.4 Å². The zero-order valence-electron chi connectivity index (χ0n) is 17.3. The number of hydrogen-bond donors (Lipinski definition) is 1. The second kappa shape index (κ2) is 6.95. The van der Waals surface area contributed by atoms with E-state index in [-0.39, 0.29) is 5.75 Å². The van der Waals surface area contributed by atoms with Crippen molar-refractivity contribution in [3.8, 4) is 5.75 Å². The molecule has 0 saturated heterocycles. The third-order valence-electron chi connectivity index (χ3n) is 6.60. The minimum Gasteiger partial charge on any atom is -0.507 e. The highest BCUT2D eigenvalue weighted by atomic mass is 31.2. The van der Waals surface area contributed by atoms with Gasteiger partial charge in [0.15, 0.2) is 7.14 Å². The molecule has 3 aliphatic rings. The second-order valence-electron chi connectivity index (χ2n) is 8.30. The zero-order valence-corrected chi connectivity index (χ0v) is 18.2. The topological polar surface area (TPSA) is 37.3 Å². The molecule has 3 heteroatoms. The SMILES string of the molecule is O=P12C(c3ccccc3)=CC(c3ccccc3)(C=C1c1ccccc1O)c1ccccc12. The summed E-state index contributed by atoms with van der Waals surface area (Å²) in [7, 11) is -3.21. The van der Waals surface area contributed by atoms with Crippen molar-refractivity contribution in [2.45, 2.75) is 5.41 Å². The molecule has 7 rings (SSSR count). The molecule has 1 N–H and O–H groups in total. The summed E-state index contributed by atoms with van der Waals surface area (Å²) in [4.78, 5) is 0. The van der Waals surface area contributed by atoms with Crippen LogP contribution in [0.1, 0.15) is 22.3 Å². The minimum atomic E-state index is -3.21. The largest absolute Gasteiger partial charge is 0.507 e. The second-order valence-corrected chi connectivity index (χ2v) is 11.0. The maximum atomic E-state index is 15.2. The Labute approximate surface area is 187 Å². The van der Waals surface area contributed by atoms with Crippen molar-refractivity contribution < 1.29 is 9.67 Å². The Hall–Kier alpha value is -3.61. The molecule has 3 heterocycles. The lowest BCUT2D eigenvalue weighted by Gasteiger charge is -2.45. The molecule has 0 saturated carbocycles. The molecule has 154 valence electrons. The van der Waals surface area contributed by atoms with Gasteiger partial charge in [-0.3, -0.25) is 0 Å². The van der Waals surface area contributed by atoms with Crippen molar-refractivity contribution in [2.24, 2.45) is 0 Å². The van der Waals surface area contributed by atoms with Gasteiger partial charge in [0.25, 0.3) is 0 Å². The van der Waals surface area contributed by atoms with E-state index >= 15 is 4.57 Å². The van der Waals surface area contributed by atoms with Gasteiger partial charge in [0, 0.05) is 21.5 Å². The summed E-state index contributed by atoms with van der Waals surface area (Å²) in [6.45, 7) is 0. The molecular weight excluding hydrogens is 411 g/mol. The van der Waals surface area contributed by atoms with Crippen LogP contribution in [-0.4, -0.2) is 5.11 Å². The normalized spacial score (nSPS) is 23.2. The highest BCUT2D eigenvalue weighted by Crippen LogP contribution is 2.75. The molecule has 3 aliphatic heterocycles. The van der Waals surface area contributed by atoms with E-state index in [9.17, 15) is 5.11 Å². The van der Waals surface area contributed by atoms with Gasteiger partial charge in [0.1, 0.15) is 5.75 Å². The number of para-hydroxylation sites is 1. The first-order valence-electron chi connectivity index (χ1n) is 10.7. The number of phenols is 1. The van der Waals surface area contributed by atoms with E-state index in [0.29, 0.717) is 10.9 Å². The van der Waals surface area contributed by atoms with Crippen molar-refractivity contribution in [1.29, 1.82) is 0 Å². The van der Waals surface area contributed by atoms with E-state index in [1.807, 2.05) is 78.9 Å². The van der Waals surface area contributed by atoms with Gasteiger partial charge >= 0.3 is 0 Å². The summed E-state index contributed by atoms with van der Waals surface area (Å²) in [5.74, 6) is 0.148. The Kier molecular flexibility index (Phi) is 4.15. The monoisotopic (exact) mass is 432 g/mol. The van der Waals surface area contributed by atoms with Gasteiger partial charge in [-0.05, 0) is 22.8 Å². The van der Waals surface area contributed by atoms with E-state index < -0.39 is 12.6 Å². The molecule has 0 amide bonds. The molecule has 0 spiro atoms. The van der Waals surface area contributed by atoms with Crippen molar-refractivity contribution in [1.82, 2.24) is 0 Å². The number of rotatable bonds is 3. The van der Waals surface area contributed by atoms with Gasteiger partial charge in [-0.2, -0.15) is 0 Å². The molecule has 0 aliphatic carbocycles. The predicted molar refractivity (Wildman–Crippen MR) is 131 cm³/mol. The minimum absolute atomic E-state index is 0.148. The molecule has 2 unspecified atom stereocenters. The molecule has 4 aromatic carbocycles. The molecule has 32 heavy (non-hydrogen) atoms. The van der Waals surface area contributed by atoms with Gasteiger partial charge in [-0.1, -0.05) is 115 Å².